The Hall–Kier alpha value is -2.70. The molecule has 0 atom stereocenters. The predicted octanol–water partition coefficient (Wildman–Crippen LogP) is 4.14. The fraction of sp³-hybridized carbons (Fsp3) is 0.348. The number of piperazine rings is 1. The number of benzene rings is 2. The van der Waals surface area contributed by atoms with E-state index in [-0.39, 0.29) is 18.0 Å². The maximum atomic E-state index is 13.8. The Balaban J connectivity index is 1.60. The monoisotopic (exact) mass is 394 g/mol. The minimum absolute atomic E-state index is 0.130. The number of nitrogens with one attached hydrogen (secondary N) is 1. The second kappa shape index (κ2) is 7.61. The van der Waals surface area contributed by atoms with Crippen molar-refractivity contribution in [1.29, 1.82) is 0 Å². The largest absolute Gasteiger partial charge is 0.392 e. The third-order valence-corrected chi connectivity index (χ3v) is 5.90. The third kappa shape index (κ3) is 3.91. The van der Waals surface area contributed by atoms with Crippen molar-refractivity contribution in [2.75, 3.05) is 36.9 Å². The predicted molar refractivity (Wildman–Crippen MR) is 116 cm³/mol. The Kier molecular flexibility index (Phi) is 5.15. The molecule has 1 saturated heterocycles. The number of pyridine rings is 1. The van der Waals surface area contributed by atoms with Crippen molar-refractivity contribution >= 4 is 28.0 Å². The number of hydrogen-bond donors (Lipinski definition) is 2. The average molecular weight is 394 g/mol. The van der Waals surface area contributed by atoms with E-state index in [9.17, 15) is 9.50 Å². The zero-order chi connectivity index (χ0) is 20.6. The molecule has 1 aromatic heterocycles. The Morgan fingerprint density at radius 3 is 2.59 bits per heavy atom. The van der Waals surface area contributed by atoms with Crippen LogP contribution in [0.25, 0.3) is 10.9 Å². The average Bonchev–Trinajstić information content (AvgIpc) is 2.71. The zero-order valence-electron chi connectivity index (χ0n) is 17.1. The molecule has 29 heavy (non-hydrogen) atoms. The number of halogens is 1. The van der Waals surface area contributed by atoms with Gasteiger partial charge in [-0.15, -0.1) is 0 Å². The maximum absolute atomic E-state index is 13.8. The Bertz CT molecular complexity index is 1020. The quantitative estimate of drug-likeness (QED) is 0.697. The van der Waals surface area contributed by atoms with Gasteiger partial charge in [0, 0.05) is 53.7 Å². The summed E-state index contributed by atoms with van der Waals surface area (Å²) in [5.41, 5.74) is 4.20. The summed E-state index contributed by atoms with van der Waals surface area (Å²) in [5.74, 6) is -0.328. The number of aliphatic hydroxyl groups excluding tert-OH is 1. The van der Waals surface area contributed by atoms with Gasteiger partial charge in [-0.3, -0.25) is 9.88 Å². The van der Waals surface area contributed by atoms with Crippen LogP contribution in [0.2, 0.25) is 0 Å². The Labute approximate surface area is 170 Å². The van der Waals surface area contributed by atoms with Gasteiger partial charge in [0.1, 0.15) is 5.82 Å². The topological polar surface area (TPSA) is 51.6 Å². The SMILES string of the molecule is CN1CCN(c2ccc(Nc3c(CO)cnc4ccc(F)cc34)cc2)CC1(C)C. The first-order valence-electron chi connectivity index (χ1n) is 9.89. The highest BCUT2D eigenvalue weighted by Gasteiger charge is 2.31. The summed E-state index contributed by atoms with van der Waals surface area (Å²) in [6, 6.07) is 12.7. The Morgan fingerprint density at radius 2 is 1.90 bits per heavy atom. The summed E-state index contributed by atoms with van der Waals surface area (Å²) in [5, 5.41) is 13.7. The smallest absolute Gasteiger partial charge is 0.124 e. The Morgan fingerprint density at radius 1 is 1.14 bits per heavy atom. The molecule has 152 valence electrons. The molecule has 0 bridgehead atoms. The van der Waals surface area contributed by atoms with E-state index in [4.69, 9.17) is 0 Å². The van der Waals surface area contributed by atoms with Crippen LogP contribution in [0, 0.1) is 5.82 Å². The summed E-state index contributed by atoms with van der Waals surface area (Å²) in [6.07, 6.45) is 1.63. The first-order valence-corrected chi connectivity index (χ1v) is 9.89. The van der Waals surface area contributed by atoms with Gasteiger partial charge in [-0.25, -0.2) is 4.39 Å². The van der Waals surface area contributed by atoms with Gasteiger partial charge in [-0.1, -0.05) is 0 Å². The van der Waals surface area contributed by atoms with Crippen molar-refractivity contribution in [3.05, 3.63) is 60.0 Å². The van der Waals surface area contributed by atoms with Crippen LogP contribution in [0.3, 0.4) is 0 Å². The molecule has 3 aromatic rings. The van der Waals surface area contributed by atoms with Gasteiger partial charge < -0.3 is 15.3 Å². The van der Waals surface area contributed by atoms with Crippen LogP contribution in [0.4, 0.5) is 21.5 Å². The second-order valence-electron chi connectivity index (χ2n) is 8.31. The highest BCUT2D eigenvalue weighted by Crippen LogP contribution is 2.31. The number of hydrogen-bond acceptors (Lipinski definition) is 5. The number of anilines is 3. The van der Waals surface area contributed by atoms with Gasteiger partial charge in [-0.2, -0.15) is 0 Å². The summed E-state index contributed by atoms with van der Waals surface area (Å²) >= 11 is 0. The normalized spacial score (nSPS) is 16.9. The van der Waals surface area contributed by atoms with Crippen LogP contribution in [-0.4, -0.2) is 47.2 Å². The number of aliphatic hydroxyl groups is 1. The molecule has 0 aliphatic carbocycles. The highest BCUT2D eigenvalue weighted by atomic mass is 19.1. The van der Waals surface area contributed by atoms with Crippen LogP contribution in [0.15, 0.2) is 48.7 Å². The number of aromatic nitrogens is 1. The fourth-order valence-corrected chi connectivity index (χ4v) is 3.83. The first kappa shape index (κ1) is 19.6. The highest BCUT2D eigenvalue weighted by molar-refractivity contribution is 5.94. The van der Waals surface area contributed by atoms with E-state index in [1.54, 1.807) is 12.3 Å². The van der Waals surface area contributed by atoms with Gasteiger partial charge in [0.25, 0.3) is 0 Å². The molecular weight excluding hydrogens is 367 g/mol. The maximum Gasteiger partial charge on any atom is 0.124 e. The molecule has 0 spiro atoms. The minimum atomic E-state index is -0.328. The molecule has 2 N–H and O–H groups in total. The molecule has 0 saturated carbocycles. The summed E-state index contributed by atoms with van der Waals surface area (Å²) in [4.78, 5) is 9.11. The third-order valence-electron chi connectivity index (χ3n) is 5.90. The molecule has 6 heteroatoms. The molecular formula is C23H27FN4O. The lowest BCUT2D eigenvalue weighted by Crippen LogP contribution is -2.57. The van der Waals surface area contributed by atoms with Crippen molar-refractivity contribution < 1.29 is 9.50 Å². The second-order valence-corrected chi connectivity index (χ2v) is 8.31. The van der Waals surface area contributed by atoms with E-state index in [0.717, 1.165) is 25.3 Å². The van der Waals surface area contributed by atoms with Gasteiger partial charge in [0.05, 0.1) is 17.8 Å². The fourth-order valence-electron chi connectivity index (χ4n) is 3.83. The number of nitrogens with zero attached hydrogens (tertiary/aromatic N) is 3. The van der Waals surface area contributed by atoms with E-state index in [1.165, 1.54) is 17.8 Å². The van der Waals surface area contributed by atoms with Crippen molar-refractivity contribution in [2.24, 2.45) is 0 Å². The molecule has 1 aliphatic heterocycles. The lowest BCUT2D eigenvalue weighted by atomic mass is 9.99. The van der Waals surface area contributed by atoms with Crippen LogP contribution in [-0.2, 0) is 6.61 Å². The number of likely N-dealkylation sites (N-methyl/N-ethyl adjacent to an activating group) is 1. The minimum Gasteiger partial charge on any atom is -0.392 e. The van der Waals surface area contributed by atoms with E-state index >= 15 is 0 Å². The van der Waals surface area contributed by atoms with Crippen molar-refractivity contribution in [3.63, 3.8) is 0 Å². The molecule has 1 fully saturated rings. The number of rotatable bonds is 4. The lowest BCUT2D eigenvalue weighted by Gasteiger charge is -2.46. The molecule has 0 radical (unpaired) electrons. The summed E-state index contributed by atoms with van der Waals surface area (Å²) in [7, 11) is 2.17. The van der Waals surface area contributed by atoms with Crippen molar-refractivity contribution in [3.8, 4) is 0 Å². The van der Waals surface area contributed by atoms with Crippen molar-refractivity contribution in [2.45, 2.75) is 26.0 Å². The van der Waals surface area contributed by atoms with Crippen LogP contribution in [0.5, 0.6) is 0 Å². The molecule has 0 amide bonds. The van der Waals surface area contributed by atoms with E-state index in [0.29, 0.717) is 22.2 Å². The number of fused-ring (bicyclic) bond motifs is 1. The zero-order valence-corrected chi connectivity index (χ0v) is 17.1. The van der Waals surface area contributed by atoms with E-state index in [2.05, 4.69) is 53.1 Å². The summed E-state index contributed by atoms with van der Waals surface area (Å²) in [6.45, 7) is 7.35. The molecule has 4 rings (SSSR count). The van der Waals surface area contributed by atoms with Gasteiger partial charge >= 0.3 is 0 Å². The molecule has 2 heterocycles. The molecule has 2 aromatic carbocycles. The van der Waals surface area contributed by atoms with E-state index < -0.39 is 0 Å². The van der Waals surface area contributed by atoms with Crippen molar-refractivity contribution in [1.82, 2.24) is 9.88 Å². The van der Waals surface area contributed by atoms with Gasteiger partial charge in [0.2, 0.25) is 0 Å². The standard InChI is InChI=1S/C23H27FN4O/c1-23(2)15-28(11-10-27(23)3)19-7-5-18(6-8-19)26-22-16(14-29)13-25-21-9-4-17(24)12-20(21)22/h4-9,12-13,29H,10-11,14-15H2,1-3H3,(H,25,26). The van der Waals surface area contributed by atoms with Crippen LogP contribution in [0.1, 0.15) is 19.4 Å². The van der Waals surface area contributed by atoms with Gasteiger partial charge in [0.15, 0.2) is 0 Å². The van der Waals surface area contributed by atoms with Crippen LogP contribution >= 0.6 is 0 Å². The van der Waals surface area contributed by atoms with E-state index in [1.807, 2.05) is 12.1 Å². The lowest BCUT2D eigenvalue weighted by molar-refractivity contribution is 0.139. The van der Waals surface area contributed by atoms with Gasteiger partial charge in [-0.05, 0) is 63.4 Å². The van der Waals surface area contributed by atoms with Crippen LogP contribution < -0.4 is 10.2 Å². The molecule has 5 nitrogen and oxygen atoms in total. The molecule has 0 unspecified atom stereocenters. The first-order chi connectivity index (χ1) is 13.9. The summed E-state index contributed by atoms with van der Waals surface area (Å²) < 4.78 is 13.8. The molecule has 1 aliphatic rings.